The van der Waals surface area contributed by atoms with Crippen molar-refractivity contribution in [2.45, 2.75) is 72.1 Å². The lowest BCUT2D eigenvalue weighted by molar-refractivity contribution is -0.116. The number of aryl methyl sites for hydroxylation is 1. The van der Waals surface area contributed by atoms with Crippen molar-refractivity contribution in [2.75, 3.05) is 39.4 Å². The molecule has 2 atom stereocenters. The van der Waals surface area contributed by atoms with Gasteiger partial charge in [-0.05, 0) is 123 Å². The summed E-state index contributed by atoms with van der Waals surface area (Å²) in [7, 11) is 0. The predicted molar refractivity (Wildman–Crippen MR) is 172 cm³/mol. The first-order valence-electron chi connectivity index (χ1n) is 15.9. The molecule has 3 aliphatic rings. The minimum absolute atomic E-state index is 0.0542. The van der Waals surface area contributed by atoms with Crippen molar-refractivity contribution in [1.82, 2.24) is 10.2 Å². The smallest absolute Gasteiger partial charge is 0.252 e. The summed E-state index contributed by atoms with van der Waals surface area (Å²) in [5, 5.41) is 14.3. The number of aliphatic imine (C=N–C) groups is 1. The second kappa shape index (κ2) is 13.1. The molecular formula is C36H49N3O3. The zero-order valence-electron chi connectivity index (χ0n) is 26.2. The molecule has 1 heterocycles. The molecule has 1 saturated heterocycles. The van der Waals surface area contributed by atoms with E-state index in [1.165, 1.54) is 19.3 Å². The third-order valence-electron chi connectivity index (χ3n) is 9.63. The molecule has 2 bridgehead atoms. The quantitative estimate of drug-likeness (QED) is 0.219. The van der Waals surface area contributed by atoms with E-state index in [0.29, 0.717) is 35.5 Å². The summed E-state index contributed by atoms with van der Waals surface area (Å²) >= 11 is 0. The molecule has 0 radical (unpaired) electrons. The van der Waals surface area contributed by atoms with Gasteiger partial charge in [0, 0.05) is 30.8 Å². The molecule has 2 N–H and O–H groups in total. The predicted octanol–water partition coefficient (Wildman–Crippen LogP) is 6.74. The minimum Gasteiger partial charge on any atom is -0.507 e. The zero-order chi connectivity index (χ0) is 29.9. The first-order chi connectivity index (χ1) is 20.1. The lowest BCUT2D eigenvalue weighted by Gasteiger charge is -2.50. The Bertz CT molecular complexity index is 1320. The molecule has 6 heteroatoms. The highest BCUT2D eigenvalue weighted by atomic mass is 16.5. The Hall–Kier alpha value is -2.96. The third-order valence-corrected chi connectivity index (χ3v) is 9.63. The monoisotopic (exact) mass is 571 g/mol. The van der Waals surface area contributed by atoms with E-state index in [1.807, 2.05) is 39.0 Å². The van der Waals surface area contributed by atoms with Crippen LogP contribution in [0.3, 0.4) is 0 Å². The second-order valence-electron chi connectivity index (χ2n) is 13.5. The van der Waals surface area contributed by atoms with Gasteiger partial charge >= 0.3 is 0 Å². The van der Waals surface area contributed by atoms with Crippen molar-refractivity contribution in [2.24, 2.45) is 22.7 Å². The van der Waals surface area contributed by atoms with E-state index >= 15 is 0 Å². The maximum absolute atomic E-state index is 12.9. The van der Waals surface area contributed by atoms with Gasteiger partial charge < -0.3 is 15.2 Å². The number of nitrogens with one attached hydrogen (secondary N) is 1. The summed E-state index contributed by atoms with van der Waals surface area (Å²) in [6.07, 6.45) is 8.04. The van der Waals surface area contributed by atoms with Crippen LogP contribution >= 0.6 is 0 Å². The highest BCUT2D eigenvalue weighted by Gasteiger charge is 2.46. The van der Waals surface area contributed by atoms with Crippen LogP contribution in [-0.2, 0) is 14.9 Å². The molecular weight excluding hydrogens is 522 g/mol. The van der Waals surface area contributed by atoms with Crippen LogP contribution in [0.25, 0.3) is 17.2 Å². The van der Waals surface area contributed by atoms with E-state index in [9.17, 15) is 9.90 Å². The molecule has 2 aliphatic carbocycles. The normalized spacial score (nSPS) is 27.1. The number of rotatable bonds is 7. The lowest BCUT2D eigenvalue weighted by atomic mass is 9.54. The Morgan fingerprint density at radius 3 is 2.50 bits per heavy atom. The molecule has 0 spiro atoms. The molecule has 2 aromatic carbocycles. The Balaban J connectivity index is 1.32. The van der Waals surface area contributed by atoms with E-state index < -0.39 is 0 Å². The van der Waals surface area contributed by atoms with Crippen molar-refractivity contribution < 1.29 is 14.6 Å². The van der Waals surface area contributed by atoms with Crippen LogP contribution < -0.4 is 5.32 Å². The molecule has 42 heavy (non-hydrogen) atoms. The van der Waals surface area contributed by atoms with E-state index in [2.05, 4.69) is 53.3 Å². The number of nitrogens with zero attached hydrogens (tertiary/aromatic N) is 2. The molecule has 3 fully saturated rings. The Labute approximate surface area is 252 Å². The number of carbonyl (C=O) groups is 1. The summed E-state index contributed by atoms with van der Waals surface area (Å²) < 4.78 is 5.40. The van der Waals surface area contributed by atoms with Crippen LogP contribution in [0.15, 0.2) is 47.0 Å². The number of phenolic OH excluding ortho intramolecular Hbond substituents is 1. The zero-order valence-corrected chi connectivity index (χ0v) is 26.2. The molecule has 6 nitrogen and oxygen atoms in total. The first kappa shape index (κ1) is 30.5. The maximum atomic E-state index is 12.9. The van der Waals surface area contributed by atoms with Crippen molar-refractivity contribution in [3.8, 4) is 16.9 Å². The van der Waals surface area contributed by atoms with Gasteiger partial charge in [-0.1, -0.05) is 32.0 Å². The van der Waals surface area contributed by atoms with Crippen molar-refractivity contribution >= 4 is 17.8 Å². The van der Waals surface area contributed by atoms with Crippen LogP contribution in [0.2, 0.25) is 0 Å². The summed E-state index contributed by atoms with van der Waals surface area (Å²) in [6, 6.07) is 12.7. The van der Waals surface area contributed by atoms with Gasteiger partial charge in [0.2, 0.25) is 0 Å². The van der Waals surface area contributed by atoms with E-state index in [0.717, 1.165) is 79.4 Å². The number of amides is 1. The summed E-state index contributed by atoms with van der Waals surface area (Å²) in [5.74, 6) is 3.09. The number of benzene rings is 2. The van der Waals surface area contributed by atoms with Gasteiger partial charge in [-0.3, -0.25) is 14.7 Å². The number of hydrogen-bond acceptors (Lipinski definition) is 5. The van der Waals surface area contributed by atoms with Gasteiger partial charge in [0.15, 0.2) is 0 Å². The third kappa shape index (κ3) is 7.15. The van der Waals surface area contributed by atoms with Gasteiger partial charge in [0.05, 0.1) is 19.8 Å². The minimum atomic E-state index is -0.137. The lowest BCUT2D eigenvalue weighted by Crippen LogP contribution is -2.42. The van der Waals surface area contributed by atoms with E-state index in [-0.39, 0.29) is 11.3 Å². The number of aromatic hydroxyl groups is 1. The standard InChI is InChI=1S/C36H49N3O3/c1-24-15-30-16-25(2)22-36(21-24,23-30)33-20-32(18-26(3)34(33)40)31-8-6-7-29(19-31)17-27(4)35(41)38-28(5)37-9-10-39-11-13-42-14-12-39/h6-8,17-20,24-25,30,40H,9-16,21-23H2,1-5H3,(H,37,38,41)/b27-17+. The molecule has 2 unspecified atom stereocenters. The molecule has 1 amide bonds. The van der Waals surface area contributed by atoms with Crippen LogP contribution in [-0.4, -0.2) is 61.1 Å². The molecule has 226 valence electrons. The van der Waals surface area contributed by atoms with Crippen LogP contribution in [0.1, 0.15) is 76.5 Å². The van der Waals surface area contributed by atoms with Crippen LogP contribution in [0.4, 0.5) is 0 Å². The molecule has 2 aromatic rings. The topological polar surface area (TPSA) is 74.2 Å². The molecule has 1 aliphatic heterocycles. The average Bonchev–Trinajstić information content (AvgIpc) is 2.94. The van der Waals surface area contributed by atoms with Crippen molar-refractivity contribution in [3.63, 3.8) is 0 Å². The van der Waals surface area contributed by atoms with Gasteiger partial charge in [0.1, 0.15) is 11.6 Å². The summed E-state index contributed by atoms with van der Waals surface area (Å²) in [6.45, 7) is 15.4. The Morgan fingerprint density at radius 1 is 1.07 bits per heavy atom. The number of amidine groups is 1. The highest BCUT2D eigenvalue weighted by Crippen LogP contribution is 2.56. The van der Waals surface area contributed by atoms with Gasteiger partial charge in [-0.25, -0.2) is 0 Å². The van der Waals surface area contributed by atoms with Crippen molar-refractivity contribution in [1.29, 1.82) is 0 Å². The van der Waals surface area contributed by atoms with Crippen molar-refractivity contribution in [3.05, 3.63) is 58.7 Å². The molecule has 5 rings (SSSR count). The van der Waals surface area contributed by atoms with Gasteiger partial charge in [-0.15, -0.1) is 0 Å². The number of phenols is 1. The SMILES string of the molecule is CC(=NCCN1CCOCC1)NC(=O)/C(C)=C/c1cccc(-c2cc(C)c(O)c(C34CC(C)CC(CC(C)C3)C4)c2)c1. The van der Waals surface area contributed by atoms with Crippen LogP contribution in [0.5, 0.6) is 5.75 Å². The largest absolute Gasteiger partial charge is 0.507 e. The summed E-state index contributed by atoms with van der Waals surface area (Å²) in [4.78, 5) is 19.8. The van der Waals surface area contributed by atoms with Gasteiger partial charge in [0.25, 0.3) is 5.91 Å². The average molecular weight is 572 g/mol. The highest BCUT2D eigenvalue weighted by molar-refractivity contribution is 6.07. The van der Waals surface area contributed by atoms with Gasteiger partial charge in [-0.2, -0.15) is 0 Å². The Kier molecular flexibility index (Phi) is 9.54. The fourth-order valence-electron chi connectivity index (χ4n) is 7.99. The van der Waals surface area contributed by atoms with Crippen LogP contribution in [0, 0.1) is 24.7 Å². The number of fused-ring (bicyclic) bond motifs is 2. The first-order valence-corrected chi connectivity index (χ1v) is 15.9. The summed E-state index contributed by atoms with van der Waals surface area (Å²) in [5.41, 5.74) is 5.97. The maximum Gasteiger partial charge on any atom is 0.252 e. The fraction of sp³-hybridized carbons (Fsp3) is 0.556. The fourth-order valence-corrected chi connectivity index (χ4v) is 7.99. The number of carbonyl (C=O) groups excluding carboxylic acids is 1. The number of morpholine rings is 1. The number of hydrogen-bond donors (Lipinski definition) is 2. The second-order valence-corrected chi connectivity index (χ2v) is 13.5. The Morgan fingerprint density at radius 2 is 1.79 bits per heavy atom. The molecule has 2 saturated carbocycles. The van der Waals surface area contributed by atoms with E-state index in [1.54, 1.807) is 0 Å². The van der Waals surface area contributed by atoms with E-state index in [4.69, 9.17) is 4.74 Å². The number of ether oxygens (including phenoxy) is 1. The molecule has 0 aromatic heterocycles.